The number of aliphatic hydroxyl groups is 1. The number of sulfonamides is 1. The second kappa shape index (κ2) is 5.15. The number of halogens is 2. The molecular formula is C12H15F2NO3S. The first-order valence-corrected chi connectivity index (χ1v) is 7.39. The third kappa shape index (κ3) is 2.77. The van der Waals surface area contributed by atoms with E-state index in [1.54, 1.807) is 0 Å². The zero-order valence-electron chi connectivity index (χ0n) is 10.4. The maximum absolute atomic E-state index is 13.6. The van der Waals surface area contributed by atoms with Crippen molar-refractivity contribution in [2.24, 2.45) is 5.92 Å². The second-order valence-electron chi connectivity index (χ2n) is 4.77. The highest BCUT2D eigenvalue weighted by atomic mass is 32.2. The lowest BCUT2D eigenvalue weighted by Crippen LogP contribution is -2.45. The Morgan fingerprint density at radius 2 is 2.05 bits per heavy atom. The summed E-state index contributed by atoms with van der Waals surface area (Å²) < 4.78 is 52.1. The van der Waals surface area contributed by atoms with Gasteiger partial charge in [0.15, 0.2) is 0 Å². The van der Waals surface area contributed by atoms with Gasteiger partial charge in [-0.15, -0.1) is 0 Å². The van der Waals surface area contributed by atoms with Gasteiger partial charge < -0.3 is 5.11 Å². The first kappa shape index (κ1) is 14.4. The van der Waals surface area contributed by atoms with E-state index in [9.17, 15) is 22.3 Å². The molecule has 7 heteroatoms. The molecule has 1 N–H and O–H groups in total. The molecule has 4 nitrogen and oxygen atoms in total. The first-order chi connectivity index (χ1) is 8.82. The Bertz CT molecular complexity index is 576. The molecule has 1 fully saturated rings. The predicted molar refractivity (Wildman–Crippen MR) is 64.9 cm³/mol. The van der Waals surface area contributed by atoms with Crippen molar-refractivity contribution in [2.75, 3.05) is 13.1 Å². The minimum atomic E-state index is -4.11. The zero-order valence-corrected chi connectivity index (χ0v) is 11.2. The third-order valence-electron chi connectivity index (χ3n) is 3.39. The highest BCUT2D eigenvalue weighted by Crippen LogP contribution is 2.25. The van der Waals surface area contributed by atoms with Gasteiger partial charge in [-0.1, -0.05) is 6.92 Å². The molecular weight excluding hydrogens is 276 g/mol. The predicted octanol–water partition coefficient (Wildman–Crippen LogP) is 1.36. The summed E-state index contributed by atoms with van der Waals surface area (Å²) in [5.74, 6) is -1.82. The fraction of sp³-hybridized carbons (Fsp3) is 0.500. The van der Waals surface area contributed by atoms with E-state index in [2.05, 4.69) is 0 Å². The summed E-state index contributed by atoms with van der Waals surface area (Å²) >= 11 is 0. The Balaban J connectivity index is 2.35. The summed E-state index contributed by atoms with van der Waals surface area (Å²) in [5.41, 5.74) is 0. The molecule has 1 saturated heterocycles. The summed E-state index contributed by atoms with van der Waals surface area (Å²) in [5, 5.41) is 9.71. The van der Waals surface area contributed by atoms with Crippen LogP contribution in [-0.2, 0) is 10.0 Å². The molecule has 2 atom stereocenters. The van der Waals surface area contributed by atoms with Gasteiger partial charge in [0.25, 0.3) is 0 Å². The summed E-state index contributed by atoms with van der Waals surface area (Å²) in [6, 6.07) is 2.31. The molecule has 0 spiro atoms. The van der Waals surface area contributed by atoms with Crippen LogP contribution < -0.4 is 0 Å². The van der Waals surface area contributed by atoms with Crippen LogP contribution in [0.1, 0.15) is 13.3 Å². The molecule has 1 aliphatic rings. The van der Waals surface area contributed by atoms with Gasteiger partial charge in [-0.3, -0.25) is 0 Å². The van der Waals surface area contributed by atoms with Crippen LogP contribution in [0.25, 0.3) is 0 Å². The molecule has 0 amide bonds. The highest BCUT2D eigenvalue weighted by Gasteiger charge is 2.34. The molecule has 0 bridgehead atoms. The molecule has 0 aliphatic carbocycles. The Labute approximate surface area is 110 Å². The molecule has 1 heterocycles. The van der Waals surface area contributed by atoms with Gasteiger partial charge in [-0.2, -0.15) is 4.31 Å². The molecule has 1 aliphatic heterocycles. The zero-order chi connectivity index (χ0) is 14.2. The molecule has 0 aromatic heterocycles. The van der Waals surface area contributed by atoms with Crippen molar-refractivity contribution in [3.8, 4) is 0 Å². The standard InChI is InChI=1S/C12H15F2NO3S/c1-8-4-5-15(7-11(8)16)19(17,18)12-6-9(13)2-3-10(12)14/h2-3,6,8,11,16H,4-5,7H2,1H3. The van der Waals surface area contributed by atoms with Gasteiger partial charge in [-0.25, -0.2) is 17.2 Å². The van der Waals surface area contributed by atoms with Crippen molar-refractivity contribution in [3.05, 3.63) is 29.8 Å². The van der Waals surface area contributed by atoms with Crippen molar-refractivity contribution in [3.63, 3.8) is 0 Å². The summed E-state index contributed by atoms with van der Waals surface area (Å²) in [4.78, 5) is -0.686. The molecule has 1 aromatic carbocycles. The summed E-state index contributed by atoms with van der Waals surface area (Å²) in [6.45, 7) is 1.91. The van der Waals surface area contributed by atoms with Crippen LogP contribution in [0.15, 0.2) is 23.1 Å². The molecule has 0 radical (unpaired) electrons. The van der Waals surface area contributed by atoms with E-state index in [-0.39, 0.29) is 19.0 Å². The summed E-state index contributed by atoms with van der Waals surface area (Å²) in [7, 11) is -4.11. The van der Waals surface area contributed by atoms with Crippen LogP contribution in [0.5, 0.6) is 0 Å². The van der Waals surface area contributed by atoms with Crippen LogP contribution >= 0.6 is 0 Å². The second-order valence-corrected chi connectivity index (χ2v) is 6.68. The molecule has 2 unspecified atom stereocenters. The van der Waals surface area contributed by atoms with Crippen molar-refractivity contribution in [1.29, 1.82) is 0 Å². The lowest BCUT2D eigenvalue weighted by Gasteiger charge is -2.33. The molecule has 1 aromatic rings. The number of piperidine rings is 1. The Hall–Kier alpha value is -1.05. The van der Waals surface area contributed by atoms with E-state index in [4.69, 9.17) is 0 Å². The maximum Gasteiger partial charge on any atom is 0.246 e. The Morgan fingerprint density at radius 1 is 1.37 bits per heavy atom. The van der Waals surface area contributed by atoms with Crippen LogP contribution in [0.3, 0.4) is 0 Å². The largest absolute Gasteiger partial charge is 0.391 e. The lowest BCUT2D eigenvalue weighted by molar-refractivity contribution is 0.0604. The lowest BCUT2D eigenvalue weighted by atomic mass is 9.98. The first-order valence-electron chi connectivity index (χ1n) is 5.95. The smallest absolute Gasteiger partial charge is 0.246 e. The van der Waals surface area contributed by atoms with Gasteiger partial charge in [0.2, 0.25) is 10.0 Å². The number of benzene rings is 1. The fourth-order valence-electron chi connectivity index (χ4n) is 2.05. The number of nitrogens with zero attached hydrogens (tertiary/aromatic N) is 1. The fourth-order valence-corrected chi connectivity index (χ4v) is 3.60. The van der Waals surface area contributed by atoms with Crippen molar-refractivity contribution < 1.29 is 22.3 Å². The van der Waals surface area contributed by atoms with Crippen LogP contribution in [0, 0.1) is 17.6 Å². The Morgan fingerprint density at radius 3 is 2.68 bits per heavy atom. The SMILES string of the molecule is CC1CCN(S(=O)(=O)c2cc(F)ccc2F)CC1O. The number of β-amino-alcohol motifs (C(OH)–C–C–N with tert-alkyl or cyclic N) is 1. The minimum Gasteiger partial charge on any atom is -0.391 e. The van der Waals surface area contributed by atoms with Crippen molar-refractivity contribution in [1.82, 2.24) is 4.31 Å². The average Bonchev–Trinajstić information content (AvgIpc) is 2.35. The molecule has 106 valence electrons. The van der Waals surface area contributed by atoms with E-state index in [0.717, 1.165) is 16.4 Å². The van der Waals surface area contributed by atoms with E-state index in [0.29, 0.717) is 12.5 Å². The number of hydrogen-bond donors (Lipinski definition) is 1. The van der Waals surface area contributed by atoms with Crippen LogP contribution in [0.2, 0.25) is 0 Å². The quantitative estimate of drug-likeness (QED) is 0.895. The Kier molecular flexibility index (Phi) is 3.89. The average molecular weight is 291 g/mol. The molecule has 19 heavy (non-hydrogen) atoms. The van der Waals surface area contributed by atoms with E-state index in [1.165, 1.54) is 0 Å². The van der Waals surface area contributed by atoms with Gasteiger partial charge >= 0.3 is 0 Å². The maximum atomic E-state index is 13.6. The number of hydrogen-bond acceptors (Lipinski definition) is 3. The normalized spacial score (nSPS) is 25.5. The van der Waals surface area contributed by atoms with Gasteiger partial charge in [0.05, 0.1) is 6.10 Å². The molecule has 2 rings (SSSR count). The van der Waals surface area contributed by atoms with Crippen molar-refractivity contribution >= 4 is 10.0 Å². The van der Waals surface area contributed by atoms with Gasteiger partial charge in [-0.05, 0) is 30.5 Å². The van der Waals surface area contributed by atoms with Gasteiger partial charge in [0.1, 0.15) is 16.5 Å². The van der Waals surface area contributed by atoms with E-state index < -0.39 is 32.7 Å². The van der Waals surface area contributed by atoms with Crippen LogP contribution in [-0.4, -0.2) is 37.0 Å². The monoisotopic (exact) mass is 291 g/mol. The van der Waals surface area contributed by atoms with Crippen molar-refractivity contribution in [2.45, 2.75) is 24.3 Å². The minimum absolute atomic E-state index is 0.0104. The highest BCUT2D eigenvalue weighted by molar-refractivity contribution is 7.89. The van der Waals surface area contributed by atoms with Crippen LogP contribution in [0.4, 0.5) is 8.78 Å². The van der Waals surface area contributed by atoms with Gasteiger partial charge in [0, 0.05) is 13.1 Å². The molecule has 0 saturated carbocycles. The third-order valence-corrected chi connectivity index (χ3v) is 5.27. The van der Waals surface area contributed by atoms with E-state index >= 15 is 0 Å². The number of rotatable bonds is 2. The summed E-state index contributed by atoms with van der Waals surface area (Å²) in [6.07, 6.45) is -0.308. The number of aliphatic hydroxyl groups excluding tert-OH is 1. The van der Waals surface area contributed by atoms with E-state index in [1.807, 2.05) is 6.92 Å². The topological polar surface area (TPSA) is 57.6 Å².